The van der Waals surface area contributed by atoms with Gasteiger partial charge in [0.1, 0.15) is 0 Å². The highest BCUT2D eigenvalue weighted by Gasteiger charge is 2.57. The molecule has 1 aliphatic heterocycles. The van der Waals surface area contributed by atoms with Crippen LogP contribution in [0.25, 0.3) is 0 Å². The molecule has 1 amide bonds. The molecule has 5 heteroatoms. The van der Waals surface area contributed by atoms with E-state index in [1.165, 1.54) is 0 Å². The van der Waals surface area contributed by atoms with Gasteiger partial charge in [-0.1, -0.05) is 0 Å². The van der Waals surface area contributed by atoms with Crippen molar-refractivity contribution in [2.75, 3.05) is 19.6 Å². The summed E-state index contributed by atoms with van der Waals surface area (Å²) in [5.74, 6) is 0.513. The van der Waals surface area contributed by atoms with Crippen LogP contribution < -0.4 is 10.6 Å². The minimum absolute atomic E-state index is 0.247. The van der Waals surface area contributed by atoms with Crippen LogP contribution in [-0.2, 0) is 11.3 Å². The molecule has 2 aliphatic rings. The summed E-state index contributed by atoms with van der Waals surface area (Å²) in [6.45, 7) is 3.63. The Bertz CT molecular complexity index is 409. The summed E-state index contributed by atoms with van der Waals surface area (Å²) in [5.41, 5.74) is 0.338. The second-order valence-electron chi connectivity index (χ2n) is 5.46. The number of aromatic nitrogens is 2. The van der Waals surface area contributed by atoms with E-state index in [4.69, 9.17) is 0 Å². The van der Waals surface area contributed by atoms with Crippen molar-refractivity contribution >= 4 is 5.91 Å². The summed E-state index contributed by atoms with van der Waals surface area (Å²) in [4.78, 5) is 16.0. The van der Waals surface area contributed by atoms with Crippen molar-refractivity contribution in [3.05, 3.63) is 18.7 Å². The number of hydrogen-bond acceptors (Lipinski definition) is 3. The van der Waals surface area contributed by atoms with Crippen molar-refractivity contribution in [1.29, 1.82) is 0 Å². The number of carbonyl (C=O) groups excluding carboxylic acids is 1. The van der Waals surface area contributed by atoms with Gasteiger partial charge >= 0.3 is 0 Å². The highest BCUT2D eigenvalue weighted by Crippen LogP contribution is 2.58. The standard InChI is InChI=1S/C13H20N4O/c18-12(16-6-8-17-7-5-15-10-17)11-9-13(11)1-3-14-4-2-13/h5,7,10-11,14H,1-4,6,8-9H2,(H,16,18). The predicted octanol–water partition coefficient (Wildman–Crippen LogP) is 0.389. The number of imidazole rings is 1. The maximum Gasteiger partial charge on any atom is 0.223 e. The third-order valence-corrected chi connectivity index (χ3v) is 4.33. The van der Waals surface area contributed by atoms with Crippen LogP contribution in [-0.4, -0.2) is 35.1 Å². The molecular weight excluding hydrogens is 228 g/mol. The van der Waals surface area contributed by atoms with E-state index in [1.54, 1.807) is 12.5 Å². The van der Waals surface area contributed by atoms with Crippen LogP contribution >= 0.6 is 0 Å². The number of rotatable bonds is 4. The quantitative estimate of drug-likeness (QED) is 0.810. The molecule has 1 aliphatic carbocycles. The summed E-state index contributed by atoms with van der Waals surface area (Å²) in [7, 11) is 0. The summed E-state index contributed by atoms with van der Waals surface area (Å²) in [5, 5.41) is 6.41. The van der Waals surface area contributed by atoms with Crippen LogP contribution in [0.5, 0.6) is 0 Å². The molecule has 0 radical (unpaired) electrons. The molecule has 0 bridgehead atoms. The van der Waals surface area contributed by atoms with Gasteiger partial charge in [0.25, 0.3) is 0 Å². The molecule has 2 fully saturated rings. The number of piperidine rings is 1. The average Bonchev–Trinajstić information content (AvgIpc) is 2.85. The summed E-state index contributed by atoms with van der Waals surface area (Å²) in [6, 6.07) is 0. The van der Waals surface area contributed by atoms with E-state index in [0.29, 0.717) is 12.0 Å². The maximum absolute atomic E-state index is 12.1. The van der Waals surface area contributed by atoms with E-state index in [2.05, 4.69) is 15.6 Å². The van der Waals surface area contributed by atoms with Gasteiger partial charge < -0.3 is 15.2 Å². The third kappa shape index (κ3) is 2.27. The Balaban J connectivity index is 1.43. The van der Waals surface area contributed by atoms with Gasteiger partial charge in [0.15, 0.2) is 0 Å². The molecule has 98 valence electrons. The molecular formula is C13H20N4O. The Labute approximate surface area is 107 Å². The SMILES string of the molecule is O=C(NCCn1ccnc1)C1CC12CCNCC2. The third-order valence-electron chi connectivity index (χ3n) is 4.33. The Hall–Kier alpha value is -1.36. The Morgan fingerprint density at radius 1 is 1.50 bits per heavy atom. The molecule has 2 N–H and O–H groups in total. The van der Waals surface area contributed by atoms with Crippen molar-refractivity contribution in [3.8, 4) is 0 Å². The van der Waals surface area contributed by atoms with Gasteiger partial charge in [-0.15, -0.1) is 0 Å². The van der Waals surface area contributed by atoms with Crippen LogP contribution in [0.15, 0.2) is 18.7 Å². The molecule has 1 saturated carbocycles. The summed E-state index contributed by atoms with van der Waals surface area (Å²) >= 11 is 0. The van der Waals surface area contributed by atoms with E-state index in [-0.39, 0.29) is 11.8 Å². The van der Waals surface area contributed by atoms with Crippen molar-refractivity contribution in [2.24, 2.45) is 11.3 Å². The molecule has 1 saturated heterocycles. The number of nitrogens with one attached hydrogen (secondary N) is 2. The maximum atomic E-state index is 12.1. The van der Waals surface area contributed by atoms with E-state index in [0.717, 1.165) is 38.9 Å². The van der Waals surface area contributed by atoms with Crippen molar-refractivity contribution in [2.45, 2.75) is 25.8 Å². The van der Waals surface area contributed by atoms with E-state index >= 15 is 0 Å². The second kappa shape index (κ2) is 4.72. The fourth-order valence-corrected chi connectivity index (χ4v) is 3.05. The van der Waals surface area contributed by atoms with Crippen LogP contribution in [0.4, 0.5) is 0 Å². The van der Waals surface area contributed by atoms with Gasteiger partial charge in [0, 0.05) is 31.4 Å². The zero-order valence-electron chi connectivity index (χ0n) is 10.6. The van der Waals surface area contributed by atoms with E-state index in [9.17, 15) is 4.79 Å². The molecule has 1 unspecified atom stereocenters. The molecule has 1 aromatic heterocycles. The fourth-order valence-electron chi connectivity index (χ4n) is 3.05. The molecule has 18 heavy (non-hydrogen) atoms. The number of carbonyl (C=O) groups is 1. The molecule has 1 aromatic rings. The van der Waals surface area contributed by atoms with Crippen LogP contribution in [0.2, 0.25) is 0 Å². The van der Waals surface area contributed by atoms with Gasteiger partial charge in [-0.2, -0.15) is 0 Å². The second-order valence-corrected chi connectivity index (χ2v) is 5.46. The number of nitrogens with zero attached hydrogens (tertiary/aromatic N) is 2. The Kier molecular flexibility index (Phi) is 3.07. The van der Waals surface area contributed by atoms with Crippen LogP contribution in [0, 0.1) is 11.3 Å². The van der Waals surface area contributed by atoms with Gasteiger partial charge in [0.2, 0.25) is 5.91 Å². The van der Waals surface area contributed by atoms with Gasteiger partial charge in [0.05, 0.1) is 6.33 Å². The van der Waals surface area contributed by atoms with Gasteiger partial charge in [-0.25, -0.2) is 4.98 Å². The minimum atomic E-state index is 0.247. The van der Waals surface area contributed by atoms with E-state index < -0.39 is 0 Å². The lowest BCUT2D eigenvalue weighted by Gasteiger charge is -2.23. The Morgan fingerprint density at radius 2 is 2.33 bits per heavy atom. The van der Waals surface area contributed by atoms with Crippen molar-refractivity contribution in [3.63, 3.8) is 0 Å². The van der Waals surface area contributed by atoms with E-state index in [1.807, 2.05) is 10.8 Å². The molecule has 0 aromatic carbocycles. The molecule has 1 spiro atoms. The number of hydrogen-bond donors (Lipinski definition) is 2. The van der Waals surface area contributed by atoms with Crippen molar-refractivity contribution in [1.82, 2.24) is 20.2 Å². The summed E-state index contributed by atoms with van der Waals surface area (Å²) < 4.78 is 1.98. The first kappa shape index (κ1) is 11.7. The average molecular weight is 248 g/mol. The molecule has 1 atom stereocenters. The highest BCUT2D eigenvalue weighted by molar-refractivity contribution is 5.82. The molecule has 3 rings (SSSR count). The lowest BCUT2D eigenvalue weighted by atomic mass is 9.92. The zero-order chi connectivity index (χ0) is 12.4. The summed E-state index contributed by atoms with van der Waals surface area (Å²) in [6.07, 6.45) is 8.85. The molecule has 2 heterocycles. The van der Waals surface area contributed by atoms with Crippen molar-refractivity contribution < 1.29 is 4.79 Å². The monoisotopic (exact) mass is 248 g/mol. The largest absolute Gasteiger partial charge is 0.354 e. The van der Waals surface area contributed by atoms with Gasteiger partial charge in [-0.3, -0.25) is 4.79 Å². The smallest absolute Gasteiger partial charge is 0.223 e. The lowest BCUT2D eigenvalue weighted by Crippen LogP contribution is -2.34. The van der Waals surface area contributed by atoms with Gasteiger partial charge in [-0.05, 0) is 37.8 Å². The molecule has 5 nitrogen and oxygen atoms in total. The highest BCUT2D eigenvalue weighted by atomic mass is 16.2. The normalized spacial score (nSPS) is 25.0. The first-order valence-corrected chi connectivity index (χ1v) is 6.74. The fraction of sp³-hybridized carbons (Fsp3) is 0.692. The first-order chi connectivity index (χ1) is 8.80. The first-order valence-electron chi connectivity index (χ1n) is 6.74. The lowest BCUT2D eigenvalue weighted by molar-refractivity contribution is -0.123. The zero-order valence-corrected chi connectivity index (χ0v) is 10.6. The number of amides is 1. The van der Waals surface area contributed by atoms with Crippen LogP contribution in [0.3, 0.4) is 0 Å². The van der Waals surface area contributed by atoms with Crippen LogP contribution in [0.1, 0.15) is 19.3 Å². The minimum Gasteiger partial charge on any atom is -0.354 e. The topological polar surface area (TPSA) is 59.0 Å². The predicted molar refractivity (Wildman–Crippen MR) is 67.9 cm³/mol. The Morgan fingerprint density at radius 3 is 3.06 bits per heavy atom.